The molecule has 1 fully saturated rings. The molecule has 7 heteroatoms. The summed E-state index contributed by atoms with van der Waals surface area (Å²) >= 11 is 1.74. The largest absolute Gasteiger partial charge is 0.491 e. The van der Waals surface area contributed by atoms with Gasteiger partial charge in [-0.25, -0.2) is 0 Å². The molecule has 4 rings (SSSR count). The van der Waals surface area contributed by atoms with Crippen LogP contribution in [0, 0.1) is 0 Å². The minimum atomic E-state index is -0.159. The van der Waals surface area contributed by atoms with E-state index in [1.54, 1.807) is 16.2 Å². The lowest BCUT2D eigenvalue weighted by Crippen LogP contribution is -2.48. The Morgan fingerprint density at radius 3 is 2.70 bits per heavy atom. The standard InChI is InChI=1S/C26H34N2O4S/c1-18(2)20-6-8-21(9-7-20)32-17-24-23-11-14-33-25(23)10-12-28(24)26(30)16-27(19(3)29)15-22-5-4-13-31-22/h6-9,11,14,18,22,24H,4-5,10,12-13,15-17H2,1-3H3/t22-,24-/m0/s1. The number of hydrogen-bond acceptors (Lipinski definition) is 5. The fourth-order valence-corrected chi connectivity index (χ4v) is 5.52. The number of rotatable bonds is 8. The molecular weight excluding hydrogens is 436 g/mol. The molecule has 0 unspecified atom stereocenters. The van der Waals surface area contributed by atoms with E-state index in [0.717, 1.165) is 37.2 Å². The van der Waals surface area contributed by atoms with Crippen LogP contribution in [0.4, 0.5) is 0 Å². The third-order valence-electron chi connectivity index (χ3n) is 6.59. The highest BCUT2D eigenvalue weighted by molar-refractivity contribution is 7.10. The molecule has 2 aliphatic rings. The van der Waals surface area contributed by atoms with Crippen molar-refractivity contribution in [3.63, 3.8) is 0 Å². The molecule has 1 saturated heterocycles. The maximum absolute atomic E-state index is 13.4. The van der Waals surface area contributed by atoms with E-state index in [1.807, 2.05) is 17.0 Å². The van der Waals surface area contributed by atoms with Gasteiger partial charge < -0.3 is 19.3 Å². The predicted octanol–water partition coefficient (Wildman–Crippen LogP) is 4.40. The van der Waals surface area contributed by atoms with E-state index >= 15 is 0 Å². The third-order valence-corrected chi connectivity index (χ3v) is 7.59. The number of hydrogen-bond donors (Lipinski definition) is 0. The highest BCUT2D eigenvalue weighted by atomic mass is 32.1. The fraction of sp³-hybridized carbons (Fsp3) is 0.538. The van der Waals surface area contributed by atoms with Crippen molar-refractivity contribution in [2.24, 2.45) is 0 Å². The molecule has 0 aliphatic carbocycles. The van der Waals surface area contributed by atoms with Gasteiger partial charge in [0.05, 0.1) is 18.7 Å². The van der Waals surface area contributed by atoms with E-state index in [1.165, 1.54) is 17.4 Å². The van der Waals surface area contributed by atoms with E-state index in [-0.39, 0.29) is 30.5 Å². The quantitative estimate of drug-likeness (QED) is 0.574. The van der Waals surface area contributed by atoms with Crippen LogP contribution in [0.15, 0.2) is 35.7 Å². The smallest absolute Gasteiger partial charge is 0.242 e. The van der Waals surface area contributed by atoms with Crippen molar-refractivity contribution < 1.29 is 19.1 Å². The number of amides is 2. The Hall–Kier alpha value is -2.38. The summed E-state index contributed by atoms with van der Waals surface area (Å²) in [6.07, 6.45) is 2.81. The average molecular weight is 471 g/mol. The van der Waals surface area contributed by atoms with Gasteiger partial charge in [-0.1, -0.05) is 26.0 Å². The van der Waals surface area contributed by atoms with E-state index < -0.39 is 0 Å². The first-order valence-electron chi connectivity index (χ1n) is 11.9. The Kier molecular flexibility index (Phi) is 7.71. The zero-order valence-electron chi connectivity index (χ0n) is 19.8. The SMILES string of the molecule is CC(=O)N(CC(=O)N1CCc2sccc2[C@@H]1COc1ccc(C(C)C)cc1)C[C@@H]1CCCO1. The molecule has 0 saturated carbocycles. The lowest BCUT2D eigenvalue weighted by Gasteiger charge is -2.37. The number of ether oxygens (including phenoxy) is 2. The summed E-state index contributed by atoms with van der Waals surface area (Å²) < 4.78 is 11.8. The molecule has 3 heterocycles. The second kappa shape index (κ2) is 10.7. The summed E-state index contributed by atoms with van der Waals surface area (Å²) in [6.45, 7) is 8.17. The van der Waals surface area contributed by atoms with Gasteiger partial charge in [0, 0.05) is 31.5 Å². The van der Waals surface area contributed by atoms with Crippen molar-refractivity contribution in [1.29, 1.82) is 0 Å². The van der Waals surface area contributed by atoms with Gasteiger partial charge in [-0.2, -0.15) is 0 Å². The van der Waals surface area contributed by atoms with Crippen LogP contribution in [0.25, 0.3) is 0 Å². The van der Waals surface area contributed by atoms with Gasteiger partial charge in [0.2, 0.25) is 11.8 Å². The van der Waals surface area contributed by atoms with Crippen LogP contribution in [0.3, 0.4) is 0 Å². The third kappa shape index (κ3) is 5.76. The Morgan fingerprint density at radius 1 is 1.24 bits per heavy atom. The van der Waals surface area contributed by atoms with Gasteiger partial charge in [0.1, 0.15) is 12.4 Å². The zero-order valence-corrected chi connectivity index (χ0v) is 20.6. The second-order valence-corrected chi connectivity index (χ2v) is 10.2. The molecule has 0 radical (unpaired) electrons. The summed E-state index contributed by atoms with van der Waals surface area (Å²) in [6, 6.07) is 10.1. The van der Waals surface area contributed by atoms with Crippen molar-refractivity contribution in [3.8, 4) is 5.75 Å². The molecular formula is C26H34N2O4S. The first-order valence-corrected chi connectivity index (χ1v) is 12.8. The molecule has 33 heavy (non-hydrogen) atoms. The van der Waals surface area contributed by atoms with Gasteiger partial charge in [-0.3, -0.25) is 9.59 Å². The molecule has 2 aliphatic heterocycles. The number of thiophene rings is 1. The predicted molar refractivity (Wildman–Crippen MR) is 130 cm³/mol. The maximum Gasteiger partial charge on any atom is 0.242 e. The zero-order chi connectivity index (χ0) is 23.4. The van der Waals surface area contributed by atoms with E-state index in [2.05, 4.69) is 37.4 Å². The minimum absolute atomic E-state index is 0.0273. The van der Waals surface area contributed by atoms with E-state index in [9.17, 15) is 9.59 Å². The van der Waals surface area contributed by atoms with Crippen LogP contribution < -0.4 is 4.74 Å². The lowest BCUT2D eigenvalue weighted by molar-refractivity contribution is -0.142. The van der Waals surface area contributed by atoms with E-state index in [0.29, 0.717) is 25.6 Å². The lowest BCUT2D eigenvalue weighted by atomic mass is 10.00. The number of nitrogens with zero attached hydrogens (tertiary/aromatic N) is 2. The van der Waals surface area contributed by atoms with Crippen molar-refractivity contribution in [2.75, 3.05) is 32.8 Å². The number of carbonyl (C=O) groups excluding carboxylic acids is 2. The van der Waals surface area contributed by atoms with Gasteiger partial charge in [-0.05, 0) is 59.9 Å². The highest BCUT2D eigenvalue weighted by Crippen LogP contribution is 2.34. The normalized spacial score (nSPS) is 20.1. The second-order valence-electron chi connectivity index (χ2n) is 9.22. The minimum Gasteiger partial charge on any atom is -0.491 e. The van der Waals surface area contributed by atoms with Crippen molar-refractivity contribution in [2.45, 2.75) is 58.1 Å². The summed E-state index contributed by atoms with van der Waals surface area (Å²) in [4.78, 5) is 30.5. The molecule has 0 N–H and O–H groups in total. The number of benzene rings is 1. The van der Waals surface area contributed by atoms with Gasteiger partial charge >= 0.3 is 0 Å². The Labute approximate surface area is 200 Å². The molecule has 1 aromatic heterocycles. The molecule has 1 aromatic carbocycles. The van der Waals surface area contributed by atoms with E-state index in [4.69, 9.17) is 9.47 Å². The van der Waals surface area contributed by atoms with Crippen LogP contribution in [-0.4, -0.2) is 60.6 Å². The Bertz CT molecular complexity index is 949. The van der Waals surface area contributed by atoms with Crippen LogP contribution in [0.2, 0.25) is 0 Å². The van der Waals surface area contributed by atoms with Crippen molar-refractivity contribution >= 4 is 23.2 Å². The summed E-state index contributed by atoms with van der Waals surface area (Å²) in [5.41, 5.74) is 2.43. The van der Waals surface area contributed by atoms with Crippen LogP contribution in [0.5, 0.6) is 5.75 Å². The molecule has 0 bridgehead atoms. The van der Waals surface area contributed by atoms with Gasteiger partial charge in [-0.15, -0.1) is 11.3 Å². The highest BCUT2D eigenvalue weighted by Gasteiger charge is 2.33. The Balaban J connectivity index is 1.45. The monoisotopic (exact) mass is 470 g/mol. The molecule has 2 amide bonds. The topological polar surface area (TPSA) is 59.1 Å². The molecule has 2 atom stereocenters. The molecule has 6 nitrogen and oxygen atoms in total. The summed E-state index contributed by atoms with van der Waals surface area (Å²) in [7, 11) is 0. The fourth-order valence-electron chi connectivity index (χ4n) is 4.59. The number of carbonyl (C=O) groups is 2. The molecule has 178 valence electrons. The van der Waals surface area contributed by atoms with Crippen molar-refractivity contribution in [1.82, 2.24) is 9.80 Å². The van der Waals surface area contributed by atoms with Gasteiger partial charge in [0.25, 0.3) is 0 Å². The van der Waals surface area contributed by atoms with Crippen LogP contribution >= 0.6 is 11.3 Å². The first-order chi connectivity index (χ1) is 15.9. The average Bonchev–Trinajstić information content (AvgIpc) is 3.49. The Morgan fingerprint density at radius 2 is 2.03 bits per heavy atom. The maximum atomic E-state index is 13.4. The van der Waals surface area contributed by atoms with Crippen LogP contribution in [-0.2, 0) is 20.7 Å². The summed E-state index contributed by atoms with van der Waals surface area (Å²) in [5, 5.41) is 2.09. The number of fused-ring (bicyclic) bond motifs is 1. The molecule has 2 aromatic rings. The van der Waals surface area contributed by atoms with Crippen molar-refractivity contribution in [3.05, 3.63) is 51.7 Å². The first kappa shape index (κ1) is 23.8. The molecule has 0 spiro atoms. The summed E-state index contributed by atoms with van der Waals surface area (Å²) in [5.74, 6) is 1.14. The van der Waals surface area contributed by atoms with Gasteiger partial charge in [0.15, 0.2) is 0 Å². The van der Waals surface area contributed by atoms with Crippen LogP contribution in [0.1, 0.15) is 61.6 Å².